The molecule has 76 valence electrons. The predicted octanol–water partition coefficient (Wildman–Crippen LogP) is 0.351. The topological polar surface area (TPSA) is 26.7 Å². The van der Waals surface area contributed by atoms with Gasteiger partial charge in [-0.3, -0.25) is 4.90 Å². The summed E-state index contributed by atoms with van der Waals surface area (Å²) in [7, 11) is 2.04. The molecule has 3 nitrogen and oxygen atoms in total. The second kappa shape index (κ2) is 3.56. The smallest absolute Gasteiger partial charge is 0.104 e. The standard InChI is InChI=1S/C10H20N2O/c1-8(13)11(2)10-7-12-5-3-9(10)4-6-12/h8-10,13H,3-7H2,1-2H3. The summed E-state index contributed by atoms with van der Waals surface area (Å²) in [6.45, 7) is 5.56. The van der Waals surface area contributed by atoms with Gasteiger partial charge < -0.3 is 10.0 Å². The van der Waals surface area contributed by atoms with Gasteiger partial charge in [0.05, 0.1) is 0 Å². The van der Waals surface area contributed by atoms with E-state index in [1.165, 1.54) is 25.9 Å². The molecule has 1 N–H and O–H groups in total. The fraction of sp³-hybridized carbons (Fsp3) is 1.00. The van der Waals surface area contributed by atoms with Gasteiger partial charge in [0.15, 0.2) is 0 Å². The first-order chi connectivity index (χ1) is 6.18. The minimum absolute atomic E-state index is 0.300. The molecule has 0 radical (unpaired) electrons. The minimum Gasteiger partial charge on any atom is -0.379 e. The number of nitrogens with zero attached hydrogens (tertiary/aromatic N) is 2. The van der Waals surface area contributed by atoms with Gasteiger partial charge in [0.2, 0.25) is 0 Å². The quantitative estimate of drug-likeness (QED) is 0.627. The molecular weight excluding hydrogens is 164 g/mol. The number of aliphatic hydroxyl groups excluding tert-OH is 1. The number of hydrogen-bond donors (Lipinski definition) is 1. The van der Waals surface area contributed by atoms with Crippen molar-refractivity contribution in [2.45, 2.75) is 32.0 Å². The van der Waals surface area contributed by atoms with Crippen LogP contribution in [-0.4, -0.2) is 53.9 Å². The van der Waals surface area contributed by atoms with Gasteiger partial charge in [-0.25, -0.2) is 0 Å². The third kappa shape index (κ3) is 1.73. The highest BCUT2D eigenvalue weighted by Crippen LogP contribution is 2.30. The molecular formula is C10H20N2O. The first kappa shape index (κ1) is 9.44. The van der Waals surface area contributed by atoms with E-state index in [0.29, 0.717) is 6.04 Å². The molecule has 0 amide bonds. The summed E-state index contributed by atoms with van der Waals surface area (Å²) in [5.74, 6) is 0.824. The van der Waals surface area contributed by atoms with Crippen molar-refractivity contribution >= 4 is 0 Å². The van der Waals surface area contributed by atoms with Crippen LogP contribution >= 0.6 is 0 Å². The number of fused-ring (bicyclic) bond motifs is 3. The predicted molar refractivity (Wildman–Crippen MR) is 52.4 cm³/mol. The van der Waals surface area contributed by atoms with Crippen molar-refractivity contribution in [3.63, 3.8) is 0 Å². The van der Waals surface area contributed by atoms with E-state index in [-0.39, 0.29) is 6.23 Å². The summed E-state index contributed by atoms with van der Waals surface area (Å²) in [5, 5.41) is 9.51. The first-order valence-electron chi connectivity index (χ1n) is 5.31. The highest BCUT2D eigenvalue weighted by atomic mass is 16.3. The van der Waals surface area contributed by atoms with Crippen LogP contribution in [0.15, 0.2) is 0 Å². The lowest BCUT2D eigenvalue weighted by Gasteiger charge is -2.48. The summed E-state index contributed by atoms with van der Waals surface area (Å²) in [5.41, 5.74) is 0. The maximum Gasteiger partial charge on any atom is 0.104 e. The molecule has 3 heterocycles. The molecule has 2 bridgehead atoms. The Balaban J connectivity index is 2.00. The first-order valence-corrected chi connectivity index (χ1v) is 5.31. The van der Waals surface area contributed by atoms with Crippen LogP contribution < -0.4 is 0 Å². The van der Waals surface area contributed by atoms with E-state index in [2.05, 4.69) is 9.80 Å². The van der Waals surface area contributed by atoms with Gasteiger partial charge in [-0.1, -0.05) is 0 Å². The molecule has 3 aliphatic heterocycles. The van der Waals surface area contributed by atoms with Crippen molar-refractivity contribution < 1.29 is 5.11 Å². The van der Waals surface area contributed by atoms with Crippen molar-refractivity contribution in [2.75, 3.05) is 26.7 Å². The van der Waals surface area contributed by atoms with Gasteiger partial charge in [0.1, 0.15) is 6.23 Å². The maximum absolute atomic E-state index is 9.51. The van der Waals surface area contributed by atoms with E-state index in [9.17, 15) is 5.11 Å². The van der Waals surface area contributed by atoms with E-state index in [4.69, 9.17) is 0 Å². The summed E-state index contributed by atoms with van der Waals surface area (Å²) in [6, 6.07) is 0.586. The number of piperidine rings is 3. The number of rotatable bonds is 2. The van der Waals surface area contributed by atoms with E-state index in [0.717, 1.165) is 12.5 Å². The molecule has 0 aliphatic carbocycles. The van der Waals surface area contributed by atoms with Gasteiger partial charge in [-0.2, -0.15) is 0 Å². The van der Waals surface area contributed by atoms with Crippen LogP contribution in [0, 0.1) is 5.92 Å². The van der Waals surface area contributed by atoms with Crippen LogP contribution in [0.3, 0.4) is 0 Å². The Bertz CT molecular complexity index is 174. The van der Waals surface area contributed by atoms with E-state index < -0.39 is 0 Å². The zero-order valence-corrected chi connectivity index (χ0v) is 8.61. The normalized spacial score (nSPS) is 41.1. The van der Waals surface area contributed by atoms with Crippen LogP contribution in [0.2, 0.25) is 0 Å². The molecule has 13 heavy (non-hydrogen) atoms. The number of hydrogen-bond acceptors (Lipinski definition) is 3. The molecule has 2 unspecified atom stereocenters. The molecule has 3 saturated heterocycles. The van der Waals surface area contributed by atoms with Crippen LogP contribution in [0.25, 0.3) is 0 Å². The van der Waals surface area contributed by atoms with E-state index in [1.54, 1.807) is 0 Å². The van der Waals surface area contributed by atoms with Crippen molar-refractivity contribution in [2.24, 2.45) is 5.92 Å². The van der Waals surface area contributed by atoms with E-state index >= 15 is 0 Å². The third-order valence-electron chi connectivity index (χ3n) is 3.73. The van der Waals surface area contributed by atoms with Crippen molar-refractivity contribution in [3.05, 3.63) is 0 Å². The van der Waals surface area contributed by atoms with Gasteiger partial charge in [-0.05, 0) is 45.8 Å². The Kier molecular flexibility index (Phi) is 2.58. The molecule has 0 aromatic rings. The van der Waals surface area contributed by atoms with Crippen LogP contribution in [0.1, 0.15) is 19.8 Å². The third-order valence-corrected chi connectivity index (χ3v) is 3.73. The molecule has 3 fully saturated rings. The molecule has 3 heteroatoms. The van der Waals surface area contributed by atoms with Crippen molar-refractivity contribution in [1.82, 2.24) is 9.80 Å². The second-order valence-corrected chi connectivity index (χ2v) is 4.50. The van der Waals surface area contributed by atoms with Gasteiger partial charge in [0, 0.05) is 12.6 Å². The molecule has 2 atom stereocenters. The van der Waals surface area contributed by atoms with Crippen molar-refractivity contribution in [3.8, 4) is 0 Å². The molecule has 0 aromatic heterocycles. The molecule has 0 aromatic carbocycles. The lowest BCUT2D eigenvalue weighted by Crippen LogP contribution is -2.58. The lowest BCUT2D eigenvalue weighted by molar-refractivity contribution is -0.0582. The zero-order chi connectivity index (χ0) is 9.42. The largest absolute Gasteiger partial charge is 0.379 e. The average Bonchev–Trinajstić information content (AvgIpc) is 2.18. The summed E-state index contributed by atoms with van der Waals surface area (Å²) in [4.78, 5) is 4.64. The fourth-order valence-corrected chi connectivity index (χ4v) is 2.67. The SMILES string of the molecule is CC(O)N(C)C1CN2CCC1CC2. The van der Waals surface area contributed by atoms with E-state index in [1.807, 2.05) is 14.0 Å². The summed E-state index contributed by atoms with van der Waals surface area (Å²) < 4.78 is 0. The summed E-state index contributed by atoms with van der Waals surface area (Å²) >= 11 is 0. The Morgan fingerprint density at radius 3 is 2.38 bits per heavy atom. The maximum atomic E-state index is 9.51. The van der Waals surface area contributed by atoms with Crippen LogP contribution in [0.4, 0.5) is 0 Å². The Labute approximate surface area is 80.3 Å². The Hall–Kier alpha value is -0.120. The van der Waals surface area contributed by atoms with Crippen LogP contribution in [0.5, 0.6) is 0 Å². The zero-order valence-electron chi connectivity index (χ0n) is 8.61. The number of likely N-dealkylation sites (N-methyl/N-ethyl adjacent to an activating group) is 1. The van der Waals surface area contributed by atoms with Gasteiger partial charge in [-0.15, -0.1) is 0 Å². The van der Waals surface area contributed by atoms with Crippen LogP contribution in [-0.2, 0) is 0 Å². The average molecular weight is 184 g/mol. The minimum atomic E-state index is -0.300. The fourth-order valence-electron chi connectivity index (χ4n) is 2.67. The second-order valence-electron chi connectivity index (χ2n) is 4.50. The van der Waals surface area contributed by atoms with Gasteiger partial charge in [0.25, 0.3) is 0 Å². The molecule has 3 aliphatic rings. The lowest BCUT2D eigenvalue weighted by atomic mass is 9.83. The number of aliphatic hydroxyl groups is 1. The monoisotopic (exact) mass is 184 g/mol. The Morgan fingerprint density at radius 2 is 2.00 bits per heavy atom. The highest BCUT2D eigenvalue weighted by Gasteiger charge is 2.36. The van der Waals surface area contributed by atoms with Crippen molar-refractivity contribution in [1.29, 1.82) is 0 Å². The molecule has 0 saturated carbocycles. The summed E-state index contributed by atoms with van der Waals surface area (Å²) in [6.07, 6.45) is 2.34. The molecule has 0 spiro atoms. The Morgan fingerprint density at radius 1 is 1.38 bits per heavy atom. The van der Waals surface area contributed by atoms with Gasteiger partial charge >= 0.3 is 0 Å². The highest BCUT2D eigenvalue weighted by molar-refractivity contribution is 4.91. The molecule has 3 rings (SSSR count).